The van der Waals surface area contributed by atoms with Crippen LogP contribution in [0, 0.1) is 6.92 Å². The Balaban J connectivity index is 1.87. The summed E-state index contributed by atoms with van der Waals surface area (Å²) in [6.45, 7) is 1.91. The van der Waals surface area contributed by atoms with Gasteiger partial charge in [0.15, 0.2) is 17.2 Å². The fourth-order valence-electron chi connectivity index (χ4n) is 4.64. The Hall–Kier alpha value is -4.12. The molecule has 1 heterocycles. The number of primary amides is 1. The van der Waals surface area contributed by atoms with E-state index in [9.17, 15) is 19.5 Å². The van der Waals surface area contributed by atoms with Crippen molar-refractivity contribution in [2.24, 2.45) is 5.73 Å². The summed E-state index contributed by atoms with van der Waals surface area (Å²) in [7, 11) is 1.40. The second-order valence-electron chi connectivity index (χ2n) is 9.33. The van der Waals surface area contributed by atoms with Gasteiger partial charge in [0.25, 0.3) is 11.8 Å². The number of nitrogens with two attached hydrogens (primary N) is 2. The normalized spacial score (nSPS) is 14.5. The van der Waals surface area contributed by atoms with Crippen LogP contribution >= 0.6 is 11.5 Å². The molecule has 0 saturated heterocycles. The lowest BCUT2D eigenvalue weighted by Crippen LogP contribution is -2.47. The number of carbonyl (C=O) groups excluding carboxylic acids is 3. The fraction of sp³-hybridized carbons (Fsp3) is 0.333. The number of aryl methyl sites for hydroxylation is 1. The molecule has 3 amide bonds. The molecule has 0 spiro atoms. The van der Waals surface area contributed by atoms with Gasteiger partial charge in [-0.3, -0.25) is 19.3 Å². The average molecular weight is 538 g/mol. The van der Waals surface area contributed by atoms with Gasteiger partial charge in [-0.15, -0.1) is 0 Å². The van der Waals surface area contributed by atoms with Crippen molar-refractivity contribution in [1.82, 2.24) is 9.69 Å². The standard InChI is InChI=1S/C27H31N5O5S/c1-15-8-11-18(12-9-15)32(27(36)24-21(28)22(25(29)34)31-38-24)23(16-10-13-19(33)20(14-16)37-2)26(35)30-17-6-4-3-5-7-17/h8-14,17,23,33H,3-7,28H2,1-2H3,(H2,29,34)(H,30,35)/t23-/m1/s1. The van der Waals surface area contributed by atoms with Crippen LogP contribution in [0.15, 0.2) is 42.5 Å². The molecule has 1 fully saturated rings. The Kier molecular flexibility index (Phi) is 8.16. The molecule has 200 valence electrons. The third-order valence-corrected chi connectivity index (χ3v) is 7.52. The molecule has 1 saturated carbocycles. The number of hydrogen-bond donors (Lipinski definition) is 4. The van der Waals surface area contributed by atoms with Crippen molar-refractivity contribution < 1.29 is 24.2 Å². The number of hydrogen-bond acceptors (Lipinski definition) is 8. The van der Waals surface area contributed by atoms with E-state index in [2.05, 4.69) is 9.69 Å². The zero-order valence-corrected chi connectivity index (χ0v) is 22.1. The smallest absolute Gasteiger partial charge is 0.273 e. The second kappa shape index (κ2) is 11.5. The Morgan fingerprint density at radius 1 is 1.13 bits per heavy atom. The number of phenolic OH excluding ortho intramolecular Hbond substituents is 1. The number of nitrogens with one attached hydrogen (secondary N) is 1. The Morgan fingerprint density at radius 3 is 2.42 bits per heavy atom. The molecule has 2 aromatic carbocycles. The van der Waals surface area contributed by atoms with Gasteiger partial charge in [0.05, 0.1) is 12.8 Å². The summed E-state index contributed by atoms with van der Waals surface area (Å²) in [5.41, 5.74) is 13.0. The maximum atomic E-state index is 14.1. The highest BCUT2D eigenvalue weighted by molar-refractivity contribution is 7.09. The lowest BCUT2D eigenvalue weighted by molar-refractivity contribution is -0.123. The van der Waals surface area contributed by atoms with Crippen molar-refractivity contribution in [2.45, 2.75) is 51.1 Å². The monoisotopic (exact) mass is 537 g/mol. The maximum Gasteiger partial charge on any atom is 0.273 e. The number of methoxy groups -OCH3 is 1. The van der Waals surface area contributed by atoms with Crippen molar-refractivity contribution in [3.8, 4) is 11.5 Å². The molecule has 38 heavy (non-hydrogen) atoms. The summed E-state index contributed by atoms with van der Waals surface area (Å²) in [6.07, 6.45) is 4.83. The van der Waals surface area contributed by atoms with Gasteiger partial charge in [0.1, 0.15) is 10.9 Å². The molecule has 11 heteroatoms. The first-order chi connectivity index (χ1) is 18.2. The predicted molar refractivity (Wildman–Crippen MR) is 145 cm³/mol. The van der Waals surface area contributed by atoms with Crippen LogP contribution in [0.5, 0.6) is 11.5 Å². The Bertz CT molecular complexity index is 1330. The first kappa shape index (κ1) is 26.9. The third-order valence-electron chi connectivity index (χ3n) is 6.66. The number of aromatic nitrogens is 1. The van der Waals surface area contributed by atoms with Gasteiger partial charge in [-0.2, -0.15) is 4.37 Å². The van der Waals surface area contributed by atoms with Gasteiger partial charge >= 0.3 is 0 Å². The molecular weight excluding hydrogens is 506 g/mol. The lowest BCUT2D eigenvalue weighted by Gasteiger charge is -2.33. The molecule has 1 atom stereocenters. The van der Waals surface area contributed by atoms with Crippen molar-refractivity contribution >= 4 is 40.6 Å². The summed E-state index contributed by atoms with van der Waals surface area (Å²) in [6, 6.07) is 10.5. The summed E-state index contributed by atoms with van der Waals surface area (Å²) in [5, 5.41) is 13.3. The first-order valence-corrected chi connectivity index (χ1v) is 13.1. The average Bonchev–Trinajstić information content (AvgIpc) is 3.30. The maximum absolute atomic E-state index is 14.1. The van der Waals surface area contributed by atoms with Gasteiger partial charge in [-0.05, 0) is 61.1 Å². The molecule has 4 rings (SSSR count). The van der Waals surface area contributed by atoms with Crippen LogP contribution in [0.3, 0.4) is 0 Å². The molecule has 3 aromatic rings. The zero-order valence-electron chi connectivity index (χ0n) is 21.3. The molecule has 1 aromatic heterocycles. The molecule has 0 radical (unpaired) electrons. The van der Waals surface area contributed by atoms with E-state index in [1.165, 1.54) is 24.1 Å². The first-order valence-electron chi connectivity index (χ1n) is 12.3. The Morgan fingerprint density at radius 2 is 1.82 bits per heavy atom. The van der Waals surface area contributed by atoms with Gasteiger partial charge in [-0.1, -0.05) is 43.0 Å². The molecule has 10 nitrogen and oxygen atoms in total. The van der Waals surface area contributed by atoms with Crippen molar-refractivity contribution in [3.05, 3.63) is 64.2 Å². The number of ether oxygens (including phenoxy) is 1. The summed E-state index contributed by atoms with van der Waals surface area (Å²) < 4.78 is 9.27. The number of phenols is 1. The highest BCUT2D eigenvalue weighted by atomic mass is 32.1. The van der Waals surface area contributed by atoms with Crippen LogP contribution in [0.4, 0.5) is 11.4 Å². The molecule has 1 aliphatic carbocycles. The molecule has 0 aliphatic heterocycles. The van der Waals surface area contributed by atoms with E-state index in [0.29, 0.717) is 11.3 Å². The van der Waals surface area contributed by atoms with Gasteiger partial charge < -0.3 is 26.6 Å². The summed E-state index contributed by atoms with van der Waals surface area (Å²) >= 11 is 0.745. The van der Waals surface area contributed by atoms with E-state index in [1.54, 1.807) is 18.2 Å². The minimum atomic E-state index is -1.15. The van der Waals surface area contributed by atoms with Crippen LogP contribution in [-0.2, 0) is 4.79 Å². The summed E-state index contributed by atoms with van der Waals surface area (Å²) in [4.78, 5) is 41.2. The number of anilines is 2. The predicted octanol–water partition coefficient (Wildman–Crippen LogP) is 3.68. The number of carbonyl (C=O) groups is 3. The third kappa shape index (κ3) is 5.57. The van der Waals surface area contributed by atoms with Crippen molar-refractivity contribution in [2.75, 3.05) is 17.7 Å². The zero-order chi connectivity index (χ0) is 27.4. The fourth-order valence-corrected chi connectivity index (χ4v) is 5.38. The highest BCUT2D eigenvalue weighted by Crippen LogP contribution is 2.36. The topological polar surface area (TPSA) is 161 Å². The molecular formula is C27H31N5O5S. The van der Waals surface area contributed by atoms with E-state index in [-0.39, 0.29) is 33.8 Å². The van der Waals surface area contributed by atoms with Crippen LogP contribution in [0.2, 0.25) is 0 Å². The number of nitrogen functional groups attached to an aromatic ring is 1. The van der Waals surface area contributed by atoms with E-state index in [4.69, 9.17) is 16.2 Å². The van der Waals surface area contributed by atoms with E-state index >= 15 is 0 Å². The van der Waals surface area contributed by atoms with Gasteiger partial charge in [-0.25, -0.2) is 0 Å². The number of amides is 3. The molecule has 6 N–H and O–H groups in total. The number of aromatic hydroxyl groups is 1. The number of rotatable bonds is 8. The van der Waals surface area contributed by atoms with Crippen LogP contribution < -0.4 is 26.4 Å². The van der Waals surface area contributed by atoms with Crippen LogP contribution in [0.1, 0.15) is 69.4 Å². The molecule has 0 bridgehead atoms. The summed E-state index contributed by atoms with van der Waals surface area (Å²) in [5.74, 6) is -1.81. The SMILES string of the molecule is COc1cc([C@H](C(=O)NC2CCCCC2)N(C(=O)c2snc(C(N)=O)c2N)c2ccc(C)cc2)ccc1O. The quantitative estimate of drug-likeness (QED) is 0.341. The van der Waals surface area contributed by atoms with E-state index in [0.717, 1.165) is 49.2 Å². The number of benzene rings is 2. The van der Waals surface area contributed by atoms with Crippen molar-refractivity contribution in [3.63, 3.8) is 0 Å². The largest absolute Gasteiger partial charge is 0.504 e. The lowest BCUT2D eigenvalue weighted by atomic mass is 9.94. The van der Waals surface area contributed by atoms with Crippen LogP contribution in [0.25, 0.3) is 0 Å². The van der Waals surface area contributed by atoms with E-state index < -0.39 is 23.8 Å². The Labute approximate surface area is 224 Å². The molecule has 1 aliphatic rings. The van der Waals surface area contributed by atoms with Crippen molar-refractivity contribution in [1.29, 1.82) is 0 Å². The van der Waals surface area contributed by atoms with Gasteiger partial charge in [0.2, 0.25) is 5.91 Å². The van der Waals surface area contributed by atoms with E-state index in [1.807, 2.05) is 19.1 Å². The van der Waals surface area contributed by atoms with Crippen LogP contribution in [-0.4, -0.2) is 40.4 Å². The second-order valence-corrected chi connectivity index (χ2v) is 10.1. The molecule has 0 unspecified atom stereocenters. The minimum absolute atomic E-state index is 0.0133. The van der Waals surface area contributed by atoms with Gasteiger partial charge in [0, 0.05) is 11.7 Å². The number of nitrogens with zero attached hydrogens (tertiary/aromatic N) is 2. The minimum Gasteiger partial charge on any atom is -0.504 e. The highest BCUT2D eigenvalue weighted by Gasteiger charge is 2.37.